The zero-order valence-corrected chi connectivity index (χ0v) is 14.1. The van der Waals surface area contributed by atoms with E-state index in [9.17, 15) is 32.7 Å². The van der Waals surface area contributed by atoms with Crippen molar-refractivity contribution in [2.75, 3.05) is 6.61 Å². The van der Waals surface area contributed by atoms with E-state index in [0.29, 0.717) is 0 Å². The van der Waals surface area contributed by atoms with Crippen LogP contribution < -0.4 is 9.84 Å². The third-order valence-electron chi connectivity index (χ3n) is 2.74. The highest BCUT2D eigenvalue weighted by atomic mass is 19.4. The van der Waals surface area contributed by atoms with Gasteiger partial charge >= 0.3 is 18.3 Å². The van der Waals surface area contributed by atoms with Gasteiger partial charge in [-0.2, -0.15) is 13.2 Å². The number of benzene rings is 1. The number of halogens is 3. The lowest BCUT2D eigenvalue weighted by molar-refractivity contribution is -0.327. The zero-order valence-electron chi connectivity index (χ0n) is 14.1. The average molecular weight is 377 g/mol. The van der Waals surface area contributed by atoms with Crippen LogP contribution in [0.4, 0.5) is 18.0 Å². The van der Waals surface area contributed by atoms with Crippen LogP contribution in [0.5, 0.6) is 5.75 Å². The molecule has 1 rings (SSSR count). The summed E-state index contributed by atoms with van der Waals surface area (Å²) >= 11 is 0. The molecule has 7 nitrogen and oxygen atoms in total. The minimum absolute atomic E-state index is 0.0266. The van der Waals surface area contributed by atoms with E-state index in [2.05, 4.69) is 4.74 Å². The molecule has 0 aliphatic carbocycles. The zero-order chi connectivity index (χ0) is 20.1. The Balaban J connectivity index is 2.66. The second kappa shape index (κ2) is 8.07. The number of carboxylic acid groups (broad SMARTS) is 1. The van der Waals surface area contributed by atoms with Gasteiger partial charge in [-0.05, 0) is 45.0 Å². The molecule has 1 aromatic carbocycles. The molecule has 0 N–H and O–H groups in total. The lowest BCUT2D eigenvalue weighted by Crippen LogP contribution is -2.43. The Kier molecular flexibility index (Phi) is 6.60. The monoisotopic (exact) mass is 377 g/mol. The molecule has 0 spiro atoms. The van der Waals surface area contributed by atoms with Gasteiger partial charge in [-0.15, -0.1) is 0 Å². The Morgan fingerprint density at radius 1 is 1.08 bits per heavy atom. The quantitative estimate of drug-likeness (QED) is 0.572. The highest BCUT2D eigenvalue weighted by Crippen LogP contribution is 2.26. The molecular formula is C16H16F3O7-. The van der Waals surface area contributed by atoms with E-state index in [0.717, 1.165) is 12.1 Å². The molecule has 0 bridgehead atoms. The van der Waals surface area contributed by atoms with Crippen molar-refractivity contribution in [1.29, 1.82) is 0 Å². The summed E-state index contributed by atoms with van der Waals surface area (Å²) in [4.78, 5) is 33.6. The Morgan fingerprint density at radius 3 is 2.04 bits per heavy atom. The molecule has 0 amide bonds. The Labute approximate surface area is 146 Å². The summed E-state index contributed by atoms with van der Waals surface area (Å²) in [5, 5.41) is 10.5. The van der Waals surface area contributed by atoms with E-state index in [1.54, 1.807) is 20.8 Å². The highest BCUT2D eigenvalue weighted by Gasteiger charge is 2.41. The average Bonchev–Trinajstić information content (AvgIpc) is 2.44. The molecule has 0 fully saturated rings. The van der Waals surface area contributed by atoms with Crippen molar-refractivity contribution in [3.8, 4) is 5.75 Å². The first-order valence-electron chi connectivity index (χ1n) is 7.25. The Bertz CT molecular complexity index is 660. The Morgan fingerprint density at radius 2 is 1.62 bits per heavy atom. The van der Waals surface area contributed by atoms with Crippen LogP contribution in [0.1, 0.15) is 31.1 Å². The van der Waals surface area contributed by atoms with Crippen molar-refractivity contribution >= 4 is 18.1 Å². The van der Waals surface area contributed by atoms with E-state index in [1.165, 1.54) is 12.1 Å². The summed E-state index contributed by atoms with van der Waals surface area (Å²) < 4.78 is 51.5. The molecule has 0 aliphatic heterocycles. The van der Waals surface area contributed by atoms with Crippen LogP contribution in [0, 0.1) is 5.92 Å². The summed E-state index contributed by atoms with van der Waals surface area (Å²) in [6, 6.07) is 4.65. The minimum atomic E-state index is -5.11. The second-order valence-electron chi connectivity index (χ2n) is 6.10. The van der Waals surface area contributed by atoms with Crippen LogP contribution in [0.2, 0.25) is 0 Å². The van der Waals surface area contributed by atoms with Gasteiger partial charge in [0.1, 0.15) is 23.9 Å². The number of hydrogen-bond acceptors (Lipinski definition) is 7. The number of alkyl halides is 3. The molecule has 0 heterocycles. The van der Waals surface area contributed by atoms with Crippen LogP contribution in [-0.2, 0) is 14.3 Å². The van der Waals surface area contributed by atoms with Crippen molar-refractivity contribution in [2.24, 2.45) is 5.92 Å². The SMILES string of the molecule is CC(C)(C)OC(=O)Oc1ccc(C(=O)OCC(C(=O)[O-])C(F)(F)F)cc1. The van der Waals surface area contributed by atoms with Gasteiger partial charge in [0, 0.05) is 0 Å². The number of rotatable bonds is 5. The van der Waals surface area contributed by atoms with Gasteiger partial charge in [-0.25, -0.2) is 9.59 Å². The Hall–Kier alpha value is -2.78. The van der Waals surface area contributed by atoms with Gasteiger partial charge < -0.3 is 24.1 Å². The summed E-state index contributed by atoms with van der Waals surface area (Å²) in [5.74, 6) is -6.48. The van der Waals surface area contributed by atoms with Crippen LogP contribution >= 0.6 is 0 Å². The number of ether oxygens (including phenoxy) is 3. The molecule has 10 heteroatoms. The van der Waals surface area contributed by atoms with E-state index in [1.807, 2.05) is 0 Å². The molecule has 144 valence electrons. The lowest BCUT2D eigenvalue weighted by atomic mass is 10.1. The topological polar surface area (TPSA) is 102 Å². The van der Waals surface area contributed by atoms with E-state index < -0.39 is 42.4 Å². The van der Waals surface area contributed by atoms with Crippen molar-refractivity contribution in [2.45, 2.75) is 32.5 Å². The molecule has 1 aromatic rings. The van der Waals surface area contributed by atoms with Crippen LogP contribution in [0.3, 0.4) is 0 Å². The van der Waals surface area contributed by atoms with Crippen molar-refractivity contribution in [3.05, 3.63) is 29.8 Å². The molecule has 0 saturated heterocycles. The van der Waals surface area contributed by atoms with Crippen molar-refractivity contribution in [1.82, 2.24) is 0 Å². The minimum Gasteiger partial charge on any atom is -0.549 e. The fourth-order valence-corrected chi connectivity index (χ4v) is 1.56. The first-order chi connectivity index (χ1) is 11.8. The van der Waals surface area contributed by atoms with Crippen molar-refractivity contribution < 1.29 is 46.9 Å². The van der Waals surface area contributed by atoms with Gasteiger partial charge in [0.05, 0.1) is 11.5 Å². The van der Waals surface area contributed by atoms with Crippen LogP contribution in [0.25, 0.3) is 0 Å². The number of esters is 1. The van der Waals surface area contributed by atoms with Crippen molar-refractivity contribution in [3.63, 3.8) is 0 Å². The summed E-state index contributed by atoms with van der Waals surface area (Å²) in [6.07, 6.45) is -6.08. The number of carbonyl (C=O) groups is 3. The van der Waals surface area contributed by atoms with Gasteiger partial charge in [0.15, 0.2) is 0 Å². The van der Waals surface area contributed by atoms with Crippen LogP contribution in [-0.4, -0.2) is 36.5 Å². The third kappa shape index (κ3) is 6.99. The van der Waals surface area contributed by atoms with E-state index in [-0.39, 0.29) is 11.3 Å². The number of carbonyl (C=O) groups excluding carboxylic acids is 3. The van der Waals surface area contributed by atoms with Crippen LogP contribution in [0.15, 0.2) is 24.3 Å². The first kappa shape index (κ1) is 21.3. The molecule has 0 radical (unpaired) electrons. The molecule has 0 saturated carbocycles. The fourth-order valence-electron chi connectivity index (χ4n) is 1.56. The first-order valence-corrected chi connectivity index (χ1v) is 7.25. The molecule has 0 aliphatic rings. The molecule has 0 aromatic heterocycles. The number of hydrogen-bond donors (Lipinski definition) is 0. The normalized spacial score (nSPS) is 12.8. The van der Waals surface area contributed by atoms with E-state index in [4.69, 9.17) is 9.47 Å². The summed E-state index contributed by atoms with van der Waals surface area (Å²) in [6.45, 7) is 3.48. The van der Waals surface area contributed by atoms with E-state index >= 15 is 0 Å². The molecule has 26 heavy (non-hydrogen) atoms. The summed E-state index contributed by atoms with van der Waals surface area (Å²) in [7, 11) is 0. The molecule has 1 unspecified atom stereocenters. The lowest BCUT2D eigenvalue weighted by Gasteiger charge is -2.20. The predicted octanol–water partition coefficient (Wildman–Crippen LogP) is 2.09. The van der Waals surface area contributed by atoms with Gasteiger partial charge in [-0.3, -0.25) is 0 Å². The third-order valence-corrected chi connectivity index (χ3v) is 2.74. The second-order valence-corrected chi connectivity index (χ2v) is 6.10. The van der Waals surface area contributed by atoms with Gasteiger partial charge in [-0.1, -0.05) is 0 Å². The summed E-state index contributed by atoms with van der Waals surface area (Å²) in [5.41, 5.74) is -0.935. The fraction of sp³-hybridized carbons (Fsp3) is 0.438. The van der Waals surface area contributed by atoms with Gasteiger partial charge in [0.25, 0.3) is 0 Å². The maximum absolute atomic E-state index is 12.4. The smallest absolute Gasteiger partial charge is 0.514 e. The number of carboxylic acids is 1. The predicted molar refractivity (Wildman–Crippen MR) is 78.1 cm³/mol. The molecule has 1 atom stereocenters. The molecular weight excluding hydrogens is 361 g/mol. The maximum atomic E-state index is 12.4. The van der Waals surface area contributed by atoms with Gasteiger partial charge in [0.2, 0.25) is 0 Å². The highest BCUT2D eigenvalue weighted by molar-refractivity contribution is 5.89. The maximum Gasteiger partial charge on any atom is 0.514 e. The standard InChI is InChI=1S/C16H17F3O7/c1-15(2,3)26-14(23)25-10-6-4-9(5-7-10)13(22)24-8-11(12(20)21)16(17,18)19/h4-7,11H,8H2,1-3H3,(H,20,21)/p-1. The largest absolute Gasteiger partial charge is 0.549 e. The number of aliphatic carboxylic acids is 1.